The van der Waals surface area contributed by atoms with E-state index in [2.05, 4.69) is 5.32 Å². The van der Waals surface area contributed by atoms with Crippen molar-refractivity contribution in [3.05, 3.63) is 98.5 Å². The van der Waals surface area contributed by atoms with Crippen LogP contribution < -0.4 is 5.32 Å². The van der Waals surface area contributed by atoms with Gasteiger partial charge >= 0.3 is 0 Å². The number of hydrogen-bond donors (Lipinski definition) is 1. The Kier molecular flexibility index (Phi) is 7.81. The van der Waals surface area contributed by atoms with Crippen LogP contribution in [0.15, 0.2) is 66.7 Å². The highest BCUT2D eigenvalue weighted by Gasteiger charge is 2.28. The van der Waals surface area contributed by atoms with Crippen LogP contribution in [0.1, 0.15) is 22.6 Å². The lowest BCUT2D eigenvalue weighted by molar-refractivity contribution is -0.117. The number of nitrogens with one attached hydrogen (secondary N) is 1. The first-order valence-corrected chi connectivity index (χ1v) is 12.3. The second kappa shape index (κ2) is 10.4. The number of nitrogens with zero attached hydrogens (tertiary/aromatic N) is 1. The van der Waals surface area contributed by atoms with Gasteiger partial charge in [-0.2, -0.15) is 5.26 Å². The number of nitriles is 1. The zero-order valence-corrected chi connectivity index (χ0v) is 19.6. The molecule has 164 valence electrons. The van der Waals surface area contributed by atoms with E-state index in [-0.39, 0.29) is 16.3 Å². The molecule has 0 saturated heterocycles. The fourth-order valence-electron chi connectivity index (χ4n) is 3.08. The molecule has 3 rings (SSSR count). The van der Waals surface area contributed by atoms with E-state index in [1.54, 1.807) is 48.5 Å². The maximum Gasteiger partial charge on any atom is 0.232 e. The van der Waals surface area contributed by atoms with Gasteiger partial charge in [0.05, 0.1) is 28.0 Å². The summed E-state index contributed by atoms with van der Waals surface area (Å²) in [6.07, 6.45) is 0. The van der Waals surface area contributed by atoms with Crippen molar-refractivity contribution in [3.63, 3.8) is 0 Å². The molecule has 0 bridgehead atoms. The van der Waals surface area contributed by atoms with Gasteiger partial charge < -0.3 is 5.32 Å². The quantitative estimate of drug-likeness (QED) is 0.434. The number of halogens is 3. The molecular weight excluding hydrogens is 491 g/mol. The lowest BCUT2D eigenvalue weighted by Crippen LogP contribution is -2.28. The molecular formula is C23H17Cl3N2O3S. The molecule has 1 atom stereocenters. The third kappa shape index (κ3) is 6.47. The standard InChI is InChI=1S/C23H17Cl3N2O3S/c24-18-6-1-15(2-7-18)13-32(30,31)14-21(16-3-8-19(25)9-4-16)23(29)28-20-10-5-17(12-27)22(26)11-20/h1-11,21H,13-14H2,(H,28,29). The van der Waals surface area contributed by atoms with Crippen molar-refractivity contribution in [1.82, 2.24) is 0 Å². The minimum absolute atomic E-state index is 0.184. The van der Waals surface area contributed by atoms with Crippen LogP contribution in [0.5, 0.6) is 0 Å². The summed E-state index contributed by atoms with van der Waals surface area (Å²) in [4.78, 5) is 13.1. The van der Waals surface area contributed by atoms with Crippen LogP contribution in [0.4, 0.5) is 5.69 Å². The Bertz CT molecular complexity index is 1270. The fourth-order valence-corrected chi connectivity index (χ4v) is 5.22. The summed E-state index contributed by atoms with van der Waals surface area (Å²) in [7, 11) is -3.67. The normalized spacial score (nSPS) is 12.1. The Morgan fingerprint density at radius 1 is 0.938 bits per heavy atom. The Morgan fingerprint density at radius 2 is 1.53 bits per heavy atom. The topological polar surface area (TPSA) is 87.0 Å². The van der Waals surface area contributed by atoms with Gasteiger partial charge in [-0.1, -0.05) is 59.1 Å². The molecule has 0 saturated carbocycles. The largest absolute Gasteiger partial charge is 0.325 e. The average molecular weight is 508 g/mol. The Hall–Kier alpha value is -2.56. The molecule has 32 heavy (non-hydrogen) atoms. The summed E-state index contributed by atoms with van der Waals surface area (Å²) in [6.45, 7) is 0. The maximum atomic E-state index is 13.1. The van der Waals surface area contributed by atoms with Crippen molar-refractivity contribution in [2.24, 2.45) is 0 Å². The van der Waals surface area contributed by atoms with Crippen LogP contribution in [0.3, 0.4) is 0 Å². The molecule has 0 aromatic heterocycles. The van der Waals surface area contributed by atoms with E-state index in [9.17, 15) is 13.2 Å². The van der Waals surface area contributed by atoms with Gasteiger partial charge in [0, 0.05) is 15.7 Å². The predicted molar refractivity (Wildman–Crippen MR) is 128 cm³/mol. The number of hydrogen-bond acceptors (Lipinski definition) is 4. The first-order chi connectivity index (χ1) is 15.2. The van der Waals surface area contributed by atoms with E-state index in [0.29, 0.717) is 26.9 Å². The first-order valence-electron chi connectivity index (χ1n) is 9.38. The van der Waals surface area contributed by atoms with Gasteiger partial charge in [-0.3, -0.25) is 4.79 Å². The number of anilines is 1. The van der Waals surface area contributed by atoms with E-state index in [1.807, 2.05) is 6.07 Å². The number of benzene rings is 3. The monoisotopic (exact) mass is 506 g/mol. The Morgan fingerprint density at radius 3 is 2.09 bits per heavy atom. The molecule has 0 aliphatic rings. The third-order valence-electron chi connectivity index (χ3n) is 4.67. The van der Waals surface area contributed by atoms with E-state index in [0.717, 1.165) is 0 Å². The molecule has 0 heterocycles. The molecule has 0 aliphatic carbocycles. The van der Waals surface area contributed by atoms with Gasteiger partial charge in [0.15, 0.2) is 9.84 Å². The number of amides is 1. The van der Waals surface area contributed by atoms with Crippen LogP contribution in [0, 0.1) is 11.3 Å². The molecule has 5 nitrogen and oxygen atoms in total. The maximum absolute atomic E-state index is 13.1. The first kappa shape index (κ1) is 24.1. The van der Waals surface area contributed by atoms with Gasteiger partial charge in [0.25, 0.3) is 0 Å². The molecule has 1 amide bonds. The number of carbonyl (C=O) groups excluding carboxylic acids is 1. The van der Waals surface area contributed by atoms with Crippen molar-refractivity contribution in [3.8, 4) is 6.07 Å². The van der Waals surface area contributed by atoms with Gasteiger partial charge in [-0.15, -0.1) is 0 Å². The van der Waals surface area contributed by atoms with Crippen molar-refractivity contribution < 1.29 is 13.2 Å². The summed E-state index contributed by atoms with van der Waals surface area (Å²) in [5, 5.41) is 12.9. The zero-order chi connectivity index (χ0) is 23.3. The van der Waals surface area contributed by atoms with Crippen LogP contribution >= 0.6 is 34.8 Å². The van der Waals surface area contributed by atoms with Crippen molar-refractivity contribution in [2.75, 3.05) is 11.1 Å². The molecule has 1 N–H and O–H groups in total. The molecule has 0 aliphatic heterocycles. The predicted octanol–water partition coefficient (Wildman–Crippen LogP) is 5.86. The van der Waals surface area contributed by atoms with E-state index >= 15 is 0 Å². The Balaban J connectivity index is 1.87. The second-order valence-electron chi connectivity index (χ2n) is 7.08. The van der Waals surface area contributed by atoms with Gasteiger partial charge in [-0.05, 0) is 53.6 Å². The highest BCUT2D eigenvalue weighted by molar-refractivity contribution is 7.90. The summed E-state index contributed by atoms with van der Waals surface area (Å²) in [6, 6.07) is 19.3. The molecule has 0 radical (unpaired) electrons. The van der Waals surface area contributed by atoms with Crippen molar-refractivity contribution in [2.45, 2.75) is 11.7 Å². The highest BCUT2D eigenvalue weighted by atomic mass is 35.5. The SMILES string of the molecule is N#Cc1ccc(NC(=O)C(CS(=O)(=O)Cc2ccc(Cl)cc2)c2ccc(Cl)cc2)cc1Cl. The third-order valence-corrected chi connectivity index (χ3v) is 7.10. The molecule has 0 spiro atoms. The van der Waals surface area contributed by atoms with Gasteiger partial charge in [0.2, 0.25) is 5.91 Å². The zero-order valence-electron chi connectivity index (χ0n) is 16.6. The van der Waals surface area contributed by atoms with Crippen LogP contribution in [0.2, 0.25) is 15.1 Å². The van der Waals surface area contributed by atoms with Crippen LogP contribution in [0.25, 0.3) is 0 Å². The number of rotatable bonds is 7. The average Bonchev–Trinajstić information content (AvgIpc) is 2.74. The molecule has 3 aromatic rings. The van der Waals surface area contributed by atoms with Crippen LogP contribution in [-0.4, -0.2) is 20.1 Å². The van der Waals surface area contributed by atoms with E-state index < -0.39 is 27.4 Å². The molecule has 0 fully saturated rings. The minimum atomic E-state index is -3.67. The summed E-state index contributed by atoms with van der Waals surface area (Å²) in [5.41, 5.74) is 1.70. The highest BCUT2D eigenvalue weighted by Crippen LogP contribution is 2.26. The smallest absolute Gasteiger partial charge is 0.232 e. The lowest BCUT2D eigenvalue weighted by atomic mass is 10.00. The second-order valence-corrected chi connectivity index (χ2v) is 10.5. The summed E-state index contributed by atoms with van der Waals surface area (Å²) < 4.78 is 25.9. The number of carbonyl (C=O) groups is 1. The van der Waals surface area contributed by atoms with Crippen LogP contribution in [-0.2, 0) is 20.4 Å². The van der Waals surface area contributed by atoms with Gasteiger partial charge in [0.1, 0.15) is 6.07 Å². The summed E-state index contributed by atoms with van der Waals surface area (Å²) in [5.74, 6) is -2.15. The number of sulfone groups is 1. The van der Waals surface area contributed by atoms with Crippen molar-refractivity contribution in [1.29, 1.82) is 5.26 Å². The summed E-state index contributed by atoms with van der Waals surface area (Å²) >= 11 is 17.9. The molecule has 9 heteroatoms. The fraction of sp³-hybridized carbons (Fsp3) is 0.130. The van der Waals surface area contributed by atoms with E-state index in [4.69, 9.17) is 40.1 Å². The van der Waals surface area contributed by atoms with Gasteiger partial charge in [-0.25, -0.2) is 8.42 Å². The molecule has 3 aromatic carbocycles. The lowest BCUT2D eigenvalue weighted by Gasteiger charge is -2.18. The van der Waals surface area contributed by atoms with E-state index in [1.165, 1.54) is 18.2 Å². The molecule has 1 unspecified atom stereocenters. The van der Waals surface area contributed by atoms with Crippen molar-refractivity contribution >= 4 is 56.2 Å². The minimum Gasteiger partial charge on any atom is -0.325 e. The Labute approximate surface area is 201 Å².